The van der Waals surface area contributed by atoms with Crippen molar-refractivity contribution < 1.29 is 5.11 Å². The van der Waals surface area contributed by atoms with Crippen LogP contribution >= 0.6 is 0 Å². The van der Waals surface area contributed by atoms with Gasteiger partial charge >= 0.3 is 0 Å². The van der Waals surface area contributed by atoms with Crippen molar-refractivity contribution in [2.45, 2.75) is 0 Å². The van der Waals surface area contributed by atoms with Crippen LogP contribution in [-0.2, 0) is 0 Å². The van der Waals surface area contributed by atoms with E-state index in [2.05, 4.69) is 15.2 Å². The van der Waals surface area contributed by atoms with Crippen molar-refractivity contribution in [2.75, 3.05) is 0 Å². The van der Waals surface area contributed by atoms with E-state index < -0.39 is 0 Å². The minimum absolute atomic E-state index is 0.116. The highest BCUT2D eigenvalue weighted by Crippen LogP contribution is 2.21. The minimum Gasteiger partial charge on any atom is -0.504 e. The lowest BCUT2D eigenvalue weighted by molar-refractivity contribution is 0.477. The van der Waals surface area contributed by atoms with Gasteiger partial charge in [0, 0.05) is 24.2 Å². The SMILES string of the molecule is Oc1cccn2c(-c3cccnc3)nnc12. The molecule has 0 saturated carbocycles. The lowest BCUT2D eigenvalue weighted by atomic mass is 10.3. The summed E-state index contributed by atoms with van der Waals surface area (Å²) in [5.41, 5.74) is 1.31. The number of hydrogen-bond donors (Lipinski definition) is 1. The van der Waals surface area contributed by atoms with Crippen molar-refractivity contribution in [3.63, 3.8) is 0 Å². The summed E-state index contributed by atoms with van der Waals surface area (Å²) < 4.78 is 1.73. The standard InChI is InChI=1S/C11H8N4O/c16-9-4-2-6-15-10(13-14-11(9)15)8-3-1-5-12-7-8/h1-7,16H. The zero-order chi connectivity index (χ0) is 11.0. The molecule has 0 radical (unpaired) electrons. The smallest absolute Gasteiger partial charge is 0.203 e. The molecule has 0 fully saturated rings. The van der Waals surface area contributed by atoms with Crippen LogP contribution < -0.4 is 0 Å². The van der Waals surface area contributed by atoms with E-state index in [1.54, 1.807) is 35.1 Å². The topological polar surface area (TPSA) is 63.3 Å². The Balaban J connectivity index is 2.30. The van der Waals surface area contributed by atoms with Gasteiger partial charge in [-0.2, -0.15) is 0 Å². The largest absolute Gasteiger partial charge is 0.504 e. The van der Waals surface area contributed by atoms with Gasteiger partial charge in [0.15, 0.2) is 11.6 Å². The monoisotopic (exact) mass is 212 g/mol. The third kappa shape index (κ3) is 1.22. The minimum atomic E-state index is 0.116. The summed E-state index contributed by atoms with van der Waals surface area (Å²) in [6.07, 6.45) is 5.21. The molecule has 3 rings (SSSR count). The summed E-state index contributed by atoms with van der Waals surface area (Å²) in [4.78, 5) is 4.03. The number of rotatable bonds is 1. The van der Waals surface area contributed by atoms with E-state index in [9.17, 15) is 5.11 Å². The van der Waals surface area contributed by atoms with E-state index in [-0.39, 0.29) is 5.75 Å². The molecule has 0 bridgehead atoms. The fourth-order valence-electron chi connectivity index (χ4n) is 1.59. The second kappa shape index (κ2) is 3.30. The maximum absolute atomic E-state index is 9.59. The second-order valence-corrected chi connectivity index (χ2v) is 3.35. The first kappa shape index (κ1) is 8.84. The summed E-state index contributed by atoms with van der Waals surface area (Å²) in [5, 5.41) is 17.6. The van der Waals surface area contributed by atoms with Crippen molar-refractivity contribution in [3.05, 3.63) is 42.9 Å². The molecule has 0 spiro atoms. The normalized spacial score (nSPS) is 10.8. The second-order valence-electron chi connectivity index (χ2n) is 3.35. The van der Waals surface area contributed by atoms with Crippen molar-refractivity contribution in [1.82, 2.24) is 19.6 Å². The van der Waals surface area contributed by atoms with E-state index in [0.29, 0.717) is 11.5 Å². The van der Waals surface area contributed by atoms with Gasteiger partial charge in [-0.15, -0.1) is 10.2 Å². The lowest BCUT2D eigenvalue weighted by Gasteiger charge is -1.99. The van der Waals surface area contributed by atoms with Gasteiger partial charge in [0.25, 0.3) is 0 Å². The van der Waals surface area contributed by atoms with Gasteiger partial charge in [0.05, 0.1) is 0 Å². The van der Waals surface area contributed by atoms with Gasteiger partial charge < -0.3 is 5.11 Å². The first-order valence-corrected chi connectivity index (χ1v) is 4.79. The number of fused-ring (bicyclic) bond motifs is 1. The zero-order valence-corrected chi connectivity index (χ0v) is 8.28. The van der Waals surface area contributed by atoms with E-state index >= 15 is 0 Å². The maximum Gasteiger partial charge on any atom is 0.203 e. The van der Waals surface area contributed by atoms with E-state index in [0.717, 1.165) is 5.56 Å². The summed E-state index contributed by atoms with van der Waals surface area (Å²) >= 11 is 0. The molecule has 0 aliphatic carbocycles. The van der Waals surface area contributed by atoms with Gasteiger partial charge in [-0.1, -0.05) is 0 Å². The molecule has 5 heteroatoms. The number of nitrogens with zero attached hydrogens (tertiary/aromatic N) is 4. The summed E-state index contributed by atoms with van der Waals surface area (Å²) in [5.74, 6) is 0.782. The van der Waals surface area contributed by atoms with Crippen LogP contribution in [-0.4, -0.2) is 24.7 Å². The summed E-state index contributed by atoms with van der Waals surface area (Å²) in [6, 6.07) is 7.05. The third-order valence-corrected chi connectivity index (χ3v) is 2.33. The first-order chi connectivity index (χ1) is 7.86. The average Bonchev–Trinajstić information content (AvgIpc) is 2.75. The third-order valence-electron chi connectivity index (χ3n) is 2.33. The molecule has 16 heavy (non-hydrogen) atoms. The fraction of sp³-hybridized carbons (Fsp3) is 0. The highest BCUT2D eigenvalue weighted by molar-refractivity contribution is 5.62. The van der Waals surface area contributed by atoms with Crippen LogP contribution in [0.3, 0.4) is 0 Å². The van der Waals surface area contributed by atoms with Gasteiger partial charge in [0.2, 0.25) is 5.65 Å². The molecular weight excluding hydrogens is 204 g/mol. The van der Waals surface area contributed by atoms with E-state index in [4.69, 9.17) is 0 Å². The van der Waals surface area contributed by atoms with Gasteiger partial charge in [-0.05, 0) is 24.3 Å². The molecule has 0 amide bonds. The summed E-state index contributed by atoms with van der Waals surface area (Å²) in [6.45, 7) is 0. The number of aromatic nitrogens is 4. The molecule has 3 heterocycles. The lowest BCUT2D eigenvalue weighted by Crippen LogP contribution is -1.89. The molecule has 78 valence electrons. The van der Waals surface area contributed by atoms with Crippen LogP contribution in [0.25, 0.3) is 17.0 Å². The molecule has 0 unspecified atom stereocenters. The Morgan fingerprint density at radius 3 is 2.88 bits per heavy atom. The van der Waals surface area contributed by atoms with Crippen molar-refractivity contribution in [1.29, 1.82) is 0 Å². The molecule has 5 nitrogen and oxygen atoms in total. The van der Waals surface area contributed by atoms with Crippen molar-refractivity contribution in [3.8, 4) is 17.1 Å². The molecular formula is C11H8N4O. The molecule has 3 aromatic rings. The molecule has 0 atom stereocenters. The summed E-state index contributed by atoms with van der Waals surface area (Å²) in [7, 11) is 0. The number of hydrogen-bond acceptors (Lipinski definition) is 4. The maximum atomic E-state index is 9.59. The van der Waals surface area contributed by atoms with Crippen molar-refractivity contribution in [2.24, 2.45) is 0 Å². The van der Waals surface area contributed by atoms with Gasteiger partial charge in [-0.25, -0.2) is 0 Å². The van der Waals surface area contributed by atoms with Crippen LogP contribution in [0.2, 0.25) is 0 Å². The fourth-order valence-corrected chi connectivity index (χ4v) is 1.59. The molecule has 3 aromatic heterocycles. The van der Waals surface area contributed by atoms with Gasteiger partial charge in [-0.3, -0.25) is 9.38 Å². The van der Waals surface area contributed by atoms with E-state index in [1.165, 1.54) is 0 Å². The molecule has 0 aromatic carbocycles. The molecule has 0 aliphatic rings. The van der Waals surface area contributed by atoms with Crippen LogP contribution in [0.4, 0.5) is 0 Å². The van der Waals surface area contributed by atoms with E-state index in [1.807, 2.05) is 12.1 Å². The van der Waals surface area contributed by atoms with Crippen LogP contribution in [0.15, 0.2) is 42.9 Å². The average molecular weight is 212 g/mol. The van der Waals surface area contributed by atoms with Crippen molar-refractivity contribution >= 4 is 5.65 Å². The quantitative estimate of drug-likeness (QED) is 0.663. The number of aromatic hydroxyl groups is 1. The molecule has 0 saturated heterocycles. The predicted octanol–water partition coefficient (Wildman–Crippen LogP) is 1.50. The van der Waals surface area contributed by atoms with Gasteiger partial charge in [0.1, 0.15) is 0 Å². The Kier molecular flexibility index (Phi) is 1.83. The highest BCUT2D eigenvalue weighted by Gasteiger charge is 2.09. The highest BCUT2D eigenvalue weighted by atomic mass is 16.3. The Hall–Kier alpha value is -2.43. The Morgan fingerprint density at radius 1 is 1.12 bits per heavy atom. The predicted molar refractivity (Wildman–Crippen MR) is 57.9 cm³/mol. The first-order valence-electron chi connectivity index (χ1n) is 4.79. The van der Waals surface area contributed by atoms with Crippen LogP contribution in [0.1, 0.15) is 0 Å². The molecule has 1 N–H and O–H groups in total. The Bertz CT molecular complexity index is 633. The number of pyridine rings is 2. The molecule has 0 aliphatic heterocycles. The Labute approximate surface area is 91.0 Å². The van der Waals surface area contributed by atoms with Crippen LogP contribution in [0.5, 0.6) is 5.75 Å². The zero-order valence-electron chi connectivity index (χ0n) is 8.28. The Morgan fingerprint density at radius 2 is 2.06 bits per heavy atom. The van der Waals surface area contributed by atoms with Crippen LogP contribution in [0, 0.1) is 0 Å².